The van der Waals surface area contributed by atoms with Crippen LogP contribution in [0.4, 0.5) is 0 Å². The van der Waals surface area contributed by atoms with Gasteiger partial charge in [-0.3, -0.25) is 9.59 Å². The third kappa shape index (κ3) is 6.77. The summed E-state index contributed by atoms with van der Waals surface area (Å²) in [6.07, 6.45) is 2.12. The van der Waals surface area contributed by atoms with Gasteiger partial charge in [0.15, 0.2) is 0 Å². The average Bonchev–Trinajstić information content (AvgIpc) is 3.13. The van der Waals surface area contributed by atoms with Gasteiger partial charge in [-0.05, 0) is 65.9 Å². The van der Waals surface area contributed by atoms with Gasteiger partial charge < -0.3 is 14.7 Å². The summed E-state index contributed by atoms with van der Waals surface area (Å²) in [7, 11) is 0. The Morgan fingerprint density at radius 1 is 0.971 bits per heavy atom. The number of rotatable bonds is 9. The Hall–Kier alpha value is -3.02. The summed E-state index contributed by atoms with van der Waals surface area (Å²) in [6, 6.07) is 20.9. The predicted octanol–water partition coefficient (Wildman–Crippen LogP) is 5.63. The molecular weight excluding hydrogens is 485 g/mol. The SMILES string of the molecule is CC1(Cc2ccc(Cl)cc2)Cc2cc(CC(=O)N(CCc3cccc(Cl)c3)CC(=O)O)ccc2O1. The van der Waals surface area contributed by atoms with Crippen LogP contribution in [0.25, 0.3) is 0 Å². The highest BCUT2D eigenvalue weighted by Crippen LogP contribution is 2.37. The number of carbonyl (C=O) groups is 2. The quantitative estimate of drug-likeness (QED) is 0.404. The van der Waals surface area contributed by atoms with E-state index in [0.717, 1.165) is 40.8 Å². The van der Waals surface area contributed by atoms with Crippen molar-refractivity contribution in [2.45, 2.75) is 38.2 Å². The minimum absolute atomic E-state index is 0.129. The van der Waals surface area contributed by atoms with Crippen molar-refractivity contribution < 1.29 is 19.4 Å². The van der Waals surface area contributed by atoms with Crippen molar-refractivity contribution in [2.24, 2.45) is 0 Å². The molecule has 0 aliphatic carbocycles. The van der Waals surface area contributed by atoms with Gasteiger partial charge in [0.1, 0.15) is 17.9 Å². The fourth-order valence-electron chi connectivity index (χ4n) is 4.52. The third-order valence-electron chi connectivity index (χ3n) is 6.13. The number of amides is 1. The van der Waals surface area contributed by atoms with Crippen LogP contribution in [0.3, 0.4) is 0 Å². The topological polar surface area (TPSA) is 66.8 Å². The summed E-state index contributed by atoms with van der Waals surface area (Å²) in [5.41, 5.74) is 3.60. The highest BCUT2D eigenvalue weighted by Gasteiger charge is 2.35. The molecule has 1 N–H and O–H groups in total. The second-order valence-corrected chi connectivity index (χ2v) is 10.1. The van der Waals surface area contributed by atoms with Crippen molar-refractivity contribution >= 4 is 35.1 Å². The zero-order chi connectivity index (χ0) is 25.0. The highest BCUT2D eigenvalue weighted by atomic mass is 35.5. The van der Waals surface area contributed by atoms with Crippen molar-refractivity contribution in [2.75, 3.05) is 13.1 Å². The molecule has 1 aliphatic rings. The maximum Gasteiger partial charge on any atom is 0.323 e. The lowest BCUT2D eigenvalue weighted by molar-refractivity contribution is -0.144. The van der Waals surface area contributed by atoms with Gasteiger partial charge in [0, 0.05) is 29.4 Å². The normalized spacial score (nSPS) is 16.4. The number of halogens is 2. The number of carboxylic acid groups (broad SMARTS) is 1. The first-order valence-corrected chi connectivity index (χ1v) is 12.2. The summed E-state index contributed by atoms with van der Waals surface area (Å²) in [6.45, 7) is 2.04. The molecule has 0 saturated heterocycles. The highest BCUT2D eigenvalue weighted by molar-refractivity contribution is 6.30. The van der Waals surface area contributed by atoms with E-state index in [4.69, 9.17) is 27.9 Å². The van der Waals surface area contributed by atoms with Crippen LogP contribution in [0, 0.1) is 0 Å². The summed E-state index contributed by atoms with van der Waals surface area (Å²) in [4.78, 5) is 25.8. The minimum Gasteiger partial charge on any atom is -0.487 e. The van der Waals surface area contributed by atoms with Gasteiger partial charge in [0.05, 0.1) is 6.42 Å². The Morgan fingerprint density at radius 3 is 2.43 bits per heavy atom. The molecule has 1 unspecified atom stereocenters. The van der Waals surface area contributed by atoms with Gasteiger partial charge in [-0.2, -0.15) is 0 Å². The maximum atomic E-state index is 13.0. The molecule has 3 aromatic carbocycles. The fourth-order valence-corrected chi connectivity index (χ4v) is 4.85. The van der Waals surface area contributed by atoms with Crippen LogP contribution >= 0.6 is 23.2 Å². The van der Waals surface area contributed by atoms with Crippen molar-refractivity contribution in [1.29, 1.82) is 0 Å². The van der Waals surface area contributed by atoms with Crippen molar-refractivity contribution in [1.82, 2.24) is 4.90 Å². The smallest absolute Gasteiger partial charge is 0.323 e. The Kier molecular flexibility index (Phi) is 7.68. The zero-order valence-electron chi connectivity index (χ0n) is 19.5. The molecule has 182 valence electrons. The molecule has 0 spiro atoms. The number of ether oxygens (including phenoxy) is 1. The van der Waals surface area contributed by atoms with Crippen LogP contribution in [0.1, 0.15) is 29.2 Å². The van der Waals surface area contributed by atoms with Crippen molar-refractivity contribution in [3.8, 4) is 5.75 Å². The van der Waals surface area contributed by atoms with Gasteiger partial charge in [0.25, 0.3) is 0 Å². The molecule has 1 atom stereocenters. The second-order valence-electron chi connectivity index (χ2n) is 9.24. The second kappa shape index (κ2) is 10.7. The van der Waals surface area contributed by atoms with Gasteiger partial charge in [-0.25, -0.2) is 0 Å². The first kappa shape index (κ1) is 25.1. The van der Waals surface area contributed by atoms with Crippen LogP contribution in [0.15, 0.2) is 66.7 Å². The Morgan fingerprint density at radius 2 is 1.71 bits per heavy atom. The van der Waals surface area contributed by atoms with Crippen LogP contribution in [0.5, 0.6) is 5.75 Å². The van der Waals surface area contributed by atoms with E-state index < -0.39 is 5.97 Å². The molecular formula is C28H27Cl2NO4. The maximum absolute atomic E-state index is 13.0. The molecule has 0 radical (unpaired) electrons. The summed E-state index contributed by atoms with van der Waals surface area (Å²) >= 11 is 12.0. The number of fused-ring (bicyclic) bond motifs is 1. The van der Waals surface area contributed by atoms with E-state index in [1.807, 2.05) is 60.7 Å². The molecule has 3 aromatic rings. The number of hydrogen-bond acceptors (Lipinski definition) is 3. The Bertz CT molecular complexity index is 1230. The van der Waals surface area contributed by atoms with Gasteiger partial charge in [-0.15, -0.1) is 0 Å². The zero-order valence-corrected chi connectivity index (χ0v) is 21.0. The van der Waals surface area contributed by atoms with E-state index in [1.54, 1.807) is 6.07 Å². The van der Waals surface area contributed by atoms with E-state index >= 15 is 0 Å². The van der Waals surface area contributed by atoms with Crippen LogP contribution in [-0.2, 0) is 35.3 Å². The van der Waals surface area contributed by atoms with Crippen LogP contribution in [0.2, 0.25) is 10.0 Å². The first-order valence-electron chi connectivity index (χ1n) is 11.5. The van der Waals surface area contributed by atoms with Gasteiger partial charge >= 0.3 is 5.97 Å². The van der Waals surface area contributed by atoms with E-state index in [1.165, 1.54) is 4.90 Å². The number of hydrogen-bond donors (Lipinski definition) is 1. The largest absolute Gasteiger partial charge is 0.487 e. The van der Waals surface area contributed by atoms with E-state index in [9.17, 15) is 14.7 Å². The first-order chi connectivity index (χ1) is 16.7. The lowest BCUT2D eigenvalue weighted by Gasteiger charge is -2.24. The van der Waals surface area contributed by atoms with Crippen molar-refractivity contribution in [3.63, 3.8) is 0 Å². The van der Waals surface area contributed by atoms with Gasteiger partial charge in [0.2, 0.25) is 5.91 Å². The van der Waals surface area contributed by atoms with Crippen LogP contribution in [-0.4, -0.2) is 40.6 Å². The average molecular weight is 512 g/mol. The van der Waals surface area contributed by atoms with Crippen LogP contribution < -0.4 is 4.74 Å². The molecule has 0 fully saturated rings. The van der Waals surface area contributed by atoms with Gasteiger partial charge in [-0.1, -0.05) is 59.6 Å². The van der Waals surface area contributed by atoms with E-state index in [-0.39, 0.29) is 24.5 Å². The minimum atomic E-state index is -1.04. The number of carboxylic acids is 1. The monoisotopic (exact) mass is 511 g/mol. The number of nitrogens with zero attached hydrogens (tertiary/aromatic N) is 1. The predicted molar refractivity (Wildman–Crippen MR) is 137 cm³/mol. The molecule has 7 heteroatoms. The molecule has 5 nitrogen and oxygen atoms in total. The Labute approximate surface area is 215 Å². The molecule has 1 amide bonds. The molecule has 0 bridgehead atoms. The molecule has 1 heterocycles. The summed E-state index contributed by atoms with van der Waals surface area (Å²) in [5, 5.41) is 10.6. The number of benzene rings is 3. The lowest BCUT2D eigenvalue weighted by atomic mass is 9.91. The molecule has 0 aromatic heterocycles. The summed E-state index contributed by atoms with van der Waals surface area (Å²) in [5.74, 6) is -0.442. The fraction of sp³-hybridized carbons (Fsp3) is 0.286. The lowest BCUT2D eigenvalue weighted by Crippen LogP contribution is -2.38. The number of carbonyl (C=O) groups excluding carboxylic acids is 1. The van der Waals surface area contributed by atoms with E-state index in [0.29, 0.717) is 23.0 Å². The van der Waals surface area contributed by atoms with Crippen molar-refractivity contribution in [3.05, 3.63) is 99.0 Å². The number of aliphatic carboxylic acids is 1. The molecule has 1 aliphatic heterocycles. The standard InChI is InChI=1S/C28H27Cl2NO4/c1-28(16-20-5-8-23(29)9-6-20)17-22-13-21(7-10-25(22)35-28)15-26(32)31(18-27(33)34)12-11-19-3-2-4-24(30)14-19/h2-10,13-14H,11-12,15-18H2,1H3,(H,33,34). The molecule has 0 saturated carbocycles. The third-order valence-corrected chi connectivity index (χ3v) is 6.62. The summed E-state index contributed by atoms with van der Waals surface area (Å²) < 4.78 is 6.27. The van der Waals surface area contributed by atoms with E-state index in [2.05, 4.69) is 6.92 Å². The molecule has 35 heavy (non-hydrogen) atoms. The molecule has 4 rings (SSSR count). The Balaban J connectivity index is 1.41.